The highest BCUT2D eigenvalue weighted by Crippen LogP contribution is 2.50. The van der Waals surface area contributed by atoms with E-state index >= 15 is 0 Å². The third kappa shape index (κ3) is 3.11. The molecule has 0 bridgehead atoms. The van der Waals surface area contributed by atoms with Crippen molar-refractivity contribution in [1.29, 1.82) is 0 Å². The highest BCUT2D eigenvalue weighted by atomic mass is 19.1. The van der Waals surface area contributed by atoms with Crippen molar-refractivity contribution in [2.75, 3.05) is 23.7 Å². The molecule has 11 heteroatoms. The Hall–Kier alpha value is -4.28. The number of carbonyl (C=O) groups is 1. The Balaban J connectivity index is 1.61. The molecule has 1 atom stereocenters. The van der Waals surface area contributed by atoms with Crippen LogP contribution in [0, 0.1) is 11.2 Å². The van der Waals surface area contributed by atoms with E-state index in [1.807, 2.05) is 24.8 Å². The minimum atomic E-state index is -0.641. The summed E-state index contributed by atoms with van der Waals surface area (Å²) in [6, 6.07) is 9.76. The second-order valence-electron chi connectivity index (χ2n) is 9.54. The van der Waals surface area contributed by atoms with Crippen molar-refractivity contribution < 1.29 is 9.18 Å². The fourth-order valence-corrected chi connectivity index (χ4v) is 5.18. The summed E-state index contributed by atoms with van der Waals surface area (Å²) in [5, 5.41) is 7.55. The molecule has 0 unspecified atom stereocenters. The van der Waals surface area contributed by atoms with E-state index in [0.717, 1.165) is 0 Å². The van der Waals surface area contributed by atoms with Gasteiger partial charge in [0.2, 0.25) is 5.95 Å². The fraction of sp³-hybridized carbons (Fsp3) is 0.292. The number of hydrogen-bond donors (Lipinski definition) is 2. The summed E-state index contributed by atoms with van der Waals surface area (Å²) < 4.78 is 17.3. The number of para-hydroxylation sites is 1. The molecule has 0 radical (unpaired) electrons. The van der Waals surface area contributed by atoms with Gasteiger partial charge in [0.25, 0.3) is 11.5 Å². The maximum atomic E-state index is 14.5. The maximum Gasteiger partial charge on any atom is 0.285 e. The monoisotopic (exact) mass is 474 g/mol. The van der Waals surface area contributed by atoms with E-state index in [0.29, 0.717) is 48.1 Å². The van der Waals surface area contributed by atoms with Crippen molar-refractivity contribution >= 4 is 23.2 Å². The standard InChI is InChI=1S/C24H23FN8O2/c1-24(2)12-31(19-16-15(28-23(26)29-19)8-10-27-21(16)34)18(24)20-30-32-11-9-14(25)17(32)22(35)33(20)13-6-4-3-5-7-13/h3-7,9,11,18H,8,10,12H2,1-2H3,(H,27,34)(H2,26,28,29)/t18-/m1/s1. The van der Waals surface area contributed by atoms with Crippen LogP contribution in [0.2, 0.25) is 0 Å². The molecule has 35 heavy (non-hydrogen) atoms. The highest BCUT2D eigenvalue weighted by Gasteiger charge is 2.51. The summed E-state index contributed by atoms with van der Waals surface area (Å²) in [5.41, 5.74) is 6.55. The Morgan fingerprint density at radius 2 is 1.91 bits per heavy atom. The number of halogens is 1. The lowest BCUT2D eigenvalue weighted by atomic mass is 9.74. The Labute approximate surface area is 199 Å². The second-order valence-corrected chi connectivity index (χ2v) is 9.54. The van der Waals surface area contributed by atoms with Gasteiger partial charge in [0.05, 0.1) is 17.4 Å². The van der Waals surface area contributed by atoms with Crippen LogP contribution in [0.15, 0.2) is 47.4 Å². The topological polar surface area (TPSA) is 123 Å². The molecular formula is C24H23FN8O2. The number of carbonyl (C=O) groups excluding carboxylic acids is 1. The summed E-state index contributed by atoms with van der Waals surface area (Å²) in [7, 11) is 0. The number of aromatic nitrogens is 5. The first-order valence-corrected chi connectivity index (χ1v) is 11.3. The fourth-order valence-electron chi connectivity index (χ4n) is 5.18. The molecule has 10 nitrogen and oxygen atoms in total. The largest absolute Gasteiger partial charge is 0.368 e. The molecule has 178 valence electrons. The molecule has 0 saturated carbocycles. The summed E-state index contributed by atoms with van der Waals surface area (Å²) in [6.45, 7) is 5.11. The highest BCUT2D eigenvalue weighted by molar-refractivity contribution is 6.01. The van der Waals surface area contributed by atoms with Crippen molar-refractivity contribution in [3.05, 3.63) is 75.8 Å². The predicted octanol–water partition coefficient (Wildman–Crippen LogP) is 1.87. The van der Waals surface area contributed by atoms with E-state index in [4.69, 9.17) is 10.8 Å². The lowest BCUT2D eigenvalue weighted by Crippen LogP contribution is -2.58. The van der Waals surface area contributed by atoms with Crippen molar-refractivity contribution in [1.82, 2.24) is 29.5 Å². The van der Waals surface area contributed by atoms with E-state index < -0.39 is 17.4 Å². The van der Waals surface area contributed by atoms with E-state index in [1.165, 1.54) is 21.3 Å². The molecule has 1 fully saturated rings. The van der Waals surface area contributed by atoms with Gasteiger partial charge in [-0.05, 0) is 18.2 Å². The minimum absolute atomic E-state index is 0.0771. The molecule has 3 aromatic heterocycles. The zero-order valence-corrected chi connectivity index (χ0v) is 19.2. The molecule has 0 aliphatic carbocycles. The molecule has 6 rings (SSSR count). The van der Waals surface area contributed by atoms with Crippen LogP contribution in [0.25, 0.3) is 11.2 Å². The van der Waals surface area contributed by atoms with Crippen molar-refractivity contribution in [3.63, 3.8) is 0 Å². The number of fused-ring (bicyclic) bond motifs is 2. The van der Waals surface area contributed by atoms with Gasteiger partial charge in [-0.3, -0.25) is 14.2 Å². The molecule has 2 aliphatic heterocycles. The Morgan fingerprint density at radius 1 is 1.14 bits per heavy atom. The lowest BCUT2D eigenvalue weighted by molar-refractivity contribution is 0.0942. The first-order chi connectivity index (χ1) is 16.8. The smallest absolute Gasteiger partial charge is 0.285 e. The van der Waals surface area contributed by atoms with Gasteiger partial charge < -0.3 is 16.0 Å². The van der Waals surface area contributed by atoms with Crippen LogP contribution < -0.4 is 21.5 Å². The van der Waals surface area contributed by atoms with E-state index in [2.05, 4.69) is 15.3 Å². The van der Waals surface area contributed by atoms with E-state index in [-0.39, 0.29) is 22.8 Å². The second kappa shape index (κ2) is 7.36. The van der Waals surface area contributed by atoms with Crippen LogP contribution in [-0.2, 0) is 6.42 Å². The zero-order chi connectivity index (χ0) is 24.5. The summed E-state index contributed by atoms with van der Waals surface area (Å²) in [6.07, 6.45) is 1.98. The molecule has 5 heterocycles. The van der Waals surface area contributed by atoms with Gasteiger partial charge in [0, 0.05) is 31.1 Å². The van der Waals surface area contributed by atoms with Gasteiger partial charge >= 0.3 is 0 Å². The van der Waals surface area contributed by atoms with Crippen LogP contribution in [0.3, 0.4) is 0 Å². The molecule has 1 saturated heterocycles. The van der Waals surface area contributed by atoms with Crippen molar-refractivity contribution in [2.24, 2.45) is 5.41 Å². The number of anilines is 2. The predicted molar refractivity (Wildman–Crippen MR) is 127 cm³/mol. The van der Waals surface area contributed by atoms with Crippen LogP contribution >= 0.6 is 0 Å². The van der Waals surface area contributed by atoms with Crippen LogP contribution in [-0.4, -0.2) is 43.1 Å². The number of nitrogens with zero attached hydrogens (tertiary/aromatic N) is 6. The quantitative estimate of drug-likeness (QED) is 0.465. The lowest BCUT2D eigenvalue weighted by Gasteiger charge is -2.54. The van der Waals surface area contributed by atoms with Crippen molar-refractivity contribution in [3.8, 4) is 5.69 Å². The number of benzene rings is 1. The molecule has 1 amide bonds. The van der Waals surface area contributed by atoms with Gasteiger partial charge in [0.1, 0.15) is 11.4 Å². The average molecular weight is 475 g/mol. The Morgan fingerprint density at radius 3 is 2.66 bits per heavy atom. The van der Waals surface area contributed by atoms with Crippen molar-refractivity contribution in [2.45, 2.75) is 26.3 Å². The zero-order valence-electron chi connectivity index (χ0n) is 19.2. The molecule has 0 spiro atoms. The summed E-state index contributed by atoms with van der Waals surface area (Å²) in [4.78, 5) is 37.1. The summed E-state index contributed by atoms with van der Waals surface area (Å²) in [5.74, 6) is -0.0172. The van der Waals surface area contributed by atoms with E-state index in [9.17, 15) is 14.0 Å². The van der Waals surface area contributed by atoms with Gasteiger partial charge in [-0.25, -0.2) is 13.9 Å². The molecule has 2 aliphatic rings. The van der Waals surface area contributed by atoms with Gasteiger partial charge in [-0.2, -0.15) is 10.1 Å². The molecule has 4 aromatic rings. The Bertz CT molecular complexity index is 1560. The first kappa shape index (κ1) is 21.3. The van der Waals surface area contributed by atoms with Crippen LogP contribution in [0.1, 0.15) is 41.8 Å². The van der Waals surface area contributed by atoms with Crippen LogP contribution in [0.5, 0.6) is 0 Å². The molecular weight excluding hydrogens is 451 g/mol. The normalized spacial score (nSPS) is 18.8. The summed E-state index contributed by atoms with van der Waals surface area (Å²) >= 11 is 0. The maximum absolute atomic E-state index is 14.5. The Kier molecular flexibility index (Phi) is 4.47. The third-order valence-electron chi connectivity index (χ3n) is 6.68. The van der Waals surface area contributed by atoms with E-state index in [1.54, 1.807) is 24.3 Å². The number of hydrogen-bond acceptors (Lipinski definition) is 7. The van der Waals surface area contributed by atoms with Crippen LogP contribution in [0.4, 0.5) is 16.2 Å². The average Bonchev–Trinajstić information content (AvgIpc) is 3.18. The molecule has 1 aromatic carbocycles. The number of nitrogens with two attached hydrogens (primary N) is 1. The van der Waals surface area contributed by atoms with Gasteiger partial charge in [0.15, 0.2) is 17.2 Å². The van der Waals surface area contributed by atoms with Gasteiger partial charge in [-0.15, -0.1) is 0 Å². The molecule has 3 N–H and O–H groups in total. The SMILES string of the molecule is CC1(C)CN(c2nc(N)nc3c2C(=O)NCC3)[C@@H]1c1nn2ccc(F)c2c(=O)n1-c1ccccc1. The number of nitrogen functional groups attached to an aromatic ring is 1. The number of amides is 1. The first-order valence-electron chi connectivity index (χ1n) is 11.3. The number of rotatable bonds is 3. The third-order valence-corrected chi connectivity index (χ3v) is 6.68. The van der Waals surface area contributed by atoms with Gasteiger partial charge in [-0.1, -0.05) is 32.0 Å². The number of nitrogens with one attached hydrogen (secondary N) is 1. The minimum Gasteiger partial charge on any atom is -0.368 e.